The van der Waals surface area contributed by atoms with Crippen molar-refractivity contribution in [2.24, 2.45) is 11.7 Å². The summed E-state index contributed by atoms with van der Waals surface area (Å²) in [5.74, 6) is -0.00722. The molecule has 1 aromatic carbocycles. The lowest BCUT2D eigenvalue weighted by atomic mass is 10.0. The molecule has 122 valence electrons. The molecule has 3 rings (SSSR count). The summed E-state index contributed by atoms with van der Waals surface area (Å²) in [6, 6.07) is 6.50. The lowest BCUT2D eigenvalue weighted by Crippen LogP contribution is -2.40. The van der Waals surface area contributed by atoms with Gasteiger partial charge >= 0.3 is 0 Å². The van der Waals surface area contributed by atoms with Crippen molar-refractivity contribution in [2.45, 2.75) is 31.7 Å². The lowest BCUT2D eigenvalue weighted by molar-refractivity contribution is 0.0924. The average Bonchev–Trinajstić information content (AvgIpc) is 3.18. The van der Waals surface area contributed by atoms with Crippen LogP contribution < -0.4 is 11.1 Å². The van der Waals surface area contributed by atoms with Gasteiger partial charge in [0.1, 0.15) is 11.5 Å². The minimum Gasteiger partial charge on any atom is -0.348 e. The summed E-state index contributed by atoms with van der Waals surface area (Å²) in [7, 11) is 0. The molecule has 23 heavy (non-hydrogen) atoms. The number of nitrogens with one attached hydrogen (secondary N) is 1. The van der Waals surface area contributed by atoms with E-state index in [0.717, 1.165) is 29.8 Å². The number of thiazole rings is 1. The summed E-state index contributed by atoms with van der Waals surface area (Å²) in [5, 5.41) is 5.69. The van der Waals surface area contributed by atoms with Crippen LogP contribution in [0.4, 0.5) is 4.39 Å². The Kier molecular flexibility index (Phi) is 5.03. The van der Waals surface area contributed by atoms with Crippen LogP contribution in [0.3, 0.4) is 0 Å². The fraction of sp³-hybridized carbons (Fsp3) is 0.412. The number of carbonyl (C=O) groups excluding carboxylic acids is 1. The molecule has 2 atom stereocenters. The van der Waals surface area contributed by atoms with Crippen molar-refractivity contribution in [1.82, 2.24) is 10.3 Å². The predicted molar refractivity (Wildman–Crippen MR) is 89.0 cm³/mol. The zero-order chi connectivity index (χ0) is 16.2. The topological polar surface area (TPSA) is 68.0 Å². The Morgan fingerprint density at radius 2 is 2.13 bits per heavy atom. The van der Waals surface area contributed by atoms with Gasteiger partial charge < -0.3 is 11.1 Å². The molecule has 4 nitrogen and oxygen atoms in total. The summed E-state index contributed by atoms with van der Waals surface area (Å²) in [6.45, 7) is 0.609. The van der Waals surface area contributed by atoms with Crippen molar-refractivity contribution in [2.75, 3.05) is 6.54 Å². The van der Waals surface area contributed by atoms with Gasteiger partial charge in [-0.2, -0.15) is 0 Å². The maximum absolute atomic E-state index is 12.9. The van der Waals surface area contributed by atoms with Gasteiger partial charge in [-0.05, 0) is 43.0 Å². The Balaban J connectivity index is 1.62. The Hall–Kier alpha value is -1.79. The minimum atomic E-state index is -0.251. The maximum Gasteiger partial charge on any atom is 0.270 e. The SMILES string of the molecule is NCC1CCCC1NC(=O)c1csc(Cc2ccc(F)cc2)n1. The minimum absolute atomic E-state index is 0.128. The van der Waals surface area contributed by atoms with Crippen molar-refractivity contribution in [3.63, 3.8) is 0 Å². The number of carbonyl (C=O) groups is 1. The first-order chi connectivity index (χ1) is 11.2. The number of amides is 1. The Morgan fingerprint density at radius 3 is 2.87 bits per heavy atom. The molecule has 0 spiro atoms. The van der Waals surface area contributed by atoms with Crippen LogP contribution >= 0.6 is 11.3 Å². The smallest absolute Gasteiger partial charge is 0.270 e. The lowest BCUT2D eigenvalue weighted by Gasteiger charge is -2.18. The molecule has 1 saturated carbocycles. The van der Waals surface area contributed by atoms with E-state index in [4.69, 9.17) is 5.73 Å². The molecule has 2 unspecified atom stereocenters. The summed E-state index contributed by atoms with van der Waals surface area (Å²) in [5.41, 5.74) is 7.18. The van der Waals surface area contributed by atoms with E-state index in [2.05, 4.69) is 10.3 Å². The van der Waals surface area contributed by atoms with Crippen LogP contribution in [-0.2, 0) is 6.42 Å². The number of hydrogen-bond acceptors (Lipinski definition) is 4. The van der Waals surface area contributed by atoms with E-state index < -0.39 is 0 Å². The standard InChI is InChI=1S/C17H20FN3OS/c18-13-6-4-11(5-7-13)8-16-20-15(10-23-16)17(22)21-14-3-1-2-12(14)9-19/h4-7,10,12,14H,1-3,8-9,19H2,(H,21,22). The van der Waals surface area contributed by atoms with Gasteiger partial charge in [0.15, 0.2) is 0 Å². The third kappa shape index (κ3) is 3.95. The largest absolute Gasteiger partial charge is 0.348 e. The van der Waals surface area contributed by atoms with Crippen molar-refractivity contribution >= 4 is 17.2 Å². The Morgan fingerprint density at radius 1 is 1.35 bits per heavy atom. The van der Waals surface area contributed by atoms with Gasteiger partial charge in [0, 0.05) is 17.8 Å². The van der Waals surface area contributed by atoms with Gasteiger partial charge in [0.05, 0.1) is 5.01 Å². The molecule has 1 aromatic heterocycles. The van der Waals surface area contributed by atoms with Crippen molar-refractivity contribution in [3.05, 3.63) is 51.7 Å². The maximum atomic E-state index is 12.9. The number of hydrogen-bond donors (Lipinski definition) is 2. The van der Waals surface area contributed by atoms with E-state index in [9.17, 15) is 9.18 Å². The van der Waals surface area contributed by atoms with Gasteiger partial charge in [-0.15, -0.1) is 11.3 Å². The molecule has 2 aromatic rings. The average molecular weight is 333 g/mol. The Labute approximate surface area is 138 Å². The summed E-state index contributed by atoms with van der Waals surface area (Å²) >= 11 is 1.45. The van der Waals surface area contributed by atoms with Gasteiger partial charge in [-0.1, -0.05) is 18.6 Å². The number of halogens is 1. The van der Waals surface area contributed by atoms with E-state index >= 15 is 0 Å². The van der Waals surface area contributed by atoms with Gasteiger partial charge in [-0.25, -0.2) is 9.37 Å². The quantitative estimate of drug-likeness (QED) is 0.884. The van der Waals surface area contributed by atoms with E-state index in [1.54, 1.807) is 17.5 Å². The number of nitrogens with two attached hydrogens (primary N) is 1. The first kappa shape index (κ1) is 16.1. The third-order valence-electron chi connectivity index (χ3n) is 4.33. The number of aromatic nitrogens is 1. The zero-order valence-electron chi connectivity index (χ0n) is 12.8. The van der Waals surface area contributed by atoms with Crippen molar-refractivity contribution in [3.8, 4) is 0 Å². The summed E-state index contributed by atoms with van der Waals surface area (Å²) in [6.07, 6.45) is 3.78. The van der Waals surface area contributed by atoms with E-state index in [0.29, 0.717) is 24.6 Å². The van der Waals surface area contributed by atoms with Crippen LogP contribution in [0, 0.1) is 11.7 Å². The van der Waals surface area contributed by atoms with Gasteiger partial charge in [-0.3, -0.25) is 4.79 Å². The first-order valence-corrected chi connectivity index (χ1v) is 8.73. The number of benzene rings is 1. The van der Waals surface area contributed by atoms with Crippen molar-refractivity contribution in [1.29, 1.82) is 0 Å². The summed E-state index contributed by atoms with van der Waals surface area (Å²) < 4.78 is 12.9. The molecule has 0 bridgehead atoms. The fourth-order valence-corrected chi connectivity index (χ4v) is 3.83. The first-order valence-electron chi connectivity index (χ1n) is 7.85. The highest BCUT2D eigenvalue weighted by molar-refractivity contribution is 7.09. The molecule has 1 fully saturated rings. The van der Waals surface area contributed by atoms with Crippen LogP contribution in [0.1, 0.15) is 40.3 Å². The highest BCUT2D eigenvalue weighted by atomic mass is 32.1. The molecule has 1 amide bonds. The molecule has 1 aliphatic carbocycles. The second-order valence-corrected chi connectivity index (χ2v) is 6.88. The van der Waals surface area contributed by atoms with Crippen LogP contribution in [0.5, 0.6) is 0 Å². The molecule has 0 radical (unpaired) electrons. The van der Waals surface area contributed by atoms with Crippen molar-refractivity contribution < 1.29 is 9.18 Å². The van der Waals surface area contributed by atoms with Gasteiger partial charge in [0.2, 0.25) is 0 Å². The summed E-state index contributed by atoms with van der Waals surface area (Å²) in [4.78, 5) is 16.7. The predicted octanol–water partition coefficient (Wildman–Crippen LogP) is 2.73. The van der Waals surface area contributed by atoms with Crippen LogP contribution in [0.25, 0.3) is 0 Å². The second kappa shape index (κ2) is 7.19. The molecule has 0 aliphatic heterocycles. The zero-order valence-corrected chi connectivity index (χ0v) is 13.6. The molecule has 1 heterocycles. The Bertz CT molecular complexity index is 671. The van der Waals surface area contributed by atoms with Crippen LogP contribution in [-0.4, -0.2) is 23.5 Å². The van der Waals surface area contributed by atoms with E-state index in [-0.39, 0.29) is 17.8 Å². The highest BCUT2D eigenvalue weighted by Gasteiger charge is 2.28. The molecule has 3 N–H and O–H groups in total. The van der Waals surface area contributed by atoms with Crippen LogP contribution in [0.2, 0.25) is 0 Å². The normalized spacial score (nSPS) is 20.6. The molecule has 1 aliphatic rings. The second-order valence-electron chi connectivity index (χ2n) is 5.94. The molecular formula is C17H20FN3OS. The number of rotatable bonds is 5. The highest BCUT2D eigenvalue weighted by Crippen LogP contribution is 2.25. The van der Waals surface area contributed by atoms with E-state index in [1.807, 2.05) is 0 Å². The van der Waals surface area contributed by atoms with E-state index in [1.165, 1.54) is 23.5 Å². The third-order valence-corrected chi connectivity index (χ3v) is 5.18. The molecule has 6 heteroatoms. The number of nitrogens with zero attached hydrogens (tertiary/aromatic N) is 1. The monoisotopic (exact) mass is 333 g/mol. The molecule has 0 saturated heterocycles. The van der Waals surface area contributed by atoms with Crippen LogP contribution in [0.15, 0.2) is 29.6 Å². The van der Waals surface area contributed by atoms with Gasteiger partial charge in [0.25, 0.3) is 5.91 Å². The fourth-order valence-electron chi connectivity index (χ4n) is 3.02. The molecular weight excluding hydrogens is 313 g/mol.